The monoisotopic (exact) mass is 885 g/mol. The molecule has 2 aliphatic heterocycles. The molecule has 0 bridgehead atoms. The van der Waals surface area contributed by atoms with Gasteiger partial charge in [-0.1, -0.05) is 165 Å². The van der Waals surface area contributed by atoms with Gasteiger partial charge in [0.1, 0.15) is 5.58 Å². The Balaban J connectivity index is 1.28. The van der Waals surface area contributed by atoms with Crippen molar-refractivity contribution in [2.45, 2.75) is 78.6 Å². The molecule has 2 aromatic heterocycles. The summed E-state index contributed by atoms with van der Waals surface area (Å²) in [6.07, 6.45) is 0. The van der Waals surface area contributed by atoms with Crippen LogP contribution in [-0.2, 0) is 16.2 Å². The van der Waals surface area contributed by atoms with Crippen molar-refractivity contribution in [3.05, 3.63) is 192 Å². The molecule has 4 heterocycles. The molecule has 4 nitrogen and oxygen atoms in total. The molecule has 0 spiro atoms. The number of aromatic nitrogens is 1. The fourth-order valence-corrected chi connectivity index (χ4v) is 10.1. The Bertz CT molecular complexity index is 4330. The quantitative estimate of drug-likeness (QED) is 0.161. The van der Waals surface area contributed by atoms with Crippen LogP contribution in [0.3, 0.4) is 0 Å². The molecule has 0 saturated heterocycles. The molecule has 0 amide bonds. The summed E-state index contributed by atoms with van der Waals surface area (Å²) in [6, 6.07) is 19.3. The van der Waals surface area contributed by atoms with Crippen LogP contribution in [0.4, 0.5) is 28.6 Å². The van der Waals surface area contributed by atoms with E-state index in [1.807, 2.05) is 12.1 Å². The van der Waals surface area contributed by atoms with Crippen LogP contribution < -0.4 is 20.6 Å². The summed E-state index contributed by atoms with van der Waals surface area (Å²) >= 11 is 0. The van der Waals surface area contributed by atoms with E-state index in [1.54, 1.807) is 18.2 Å². The van der Waals surface area contributed by atoms with Gasteiger partial charge in [-0.15, -0.1) is 0 Å². The zero-order valence-electron chi connectivity index (χ0n) is 53.9. The van der Waals surface area contributed by atoms with E-state index in [1.165, 1.54) is 4.90 Å². The zero-order valence-corrected chi connectivity index (χ0v) is 38.9. The largest absolute Gasteiger partial charge is 0.441 e. The topological polar surface area (TPSA) is 24.6 Å². The molecule has 8 aromatic carbocycles. The smallest absolute Gasteiger partial charge is 0.336 e. The van der Waals surface area contributed by atoms with E-state index in [2.05, 4.69) is 126 Å². The second kappa shape index (κ2) is 14.6. The van der Waals surface area contributed by atoms with Gasteiger partial charge in [0.2, 0.25) is 0 Å². The van der Waals surface area contributed by atoms with E-state index in [-0.39, 0.29) is 28.8 Å². The standard InChI is InChI=1S/C62H56BN3O/c1-60(2,3)41-26-29-46(30-27-41)66-59-55(48-35-40(25-34-54(48)67-59)39-19-13-10-14-20-39)49-37-43(62(7,8)9)38-53-57(49)63(66)50-31-33-52(64(44-21-15-11-16-22-44)45-23-17-12-18-24-45)56-47-36-42(61(4,5)6)28-32-51(47)65(53)58(50)56/h10-38H,1-9H3/i10D,11D,12D,13D,14D,15D,16D,17D,18D,19D,20D,21D,22D,23D,24D. The summed E-state index contributed by atoms with van der Waals surface area (Å²) in [4.78, 5) is 3.42. The van der Waals surface area contributed by atoms with Crippen molar-refractivity contribution in [1.82, 2.24) is 4.57 Å². The highest BCUT2D eigenvalue weighted by Crippen LogP contribution is 2.52. The molecule has 10 aromatic rings. The van der Waals surface area contributed by atoms with E-state index in [0.717, 1.165) is 55.6 Å². The third-order valence-corrected chi connectivity index (χ3v) is 13.5. The van der Waals surface area contributed by atoms with Crippen molar-refractivity contribution in [3.8, 4) is 27.9 Å². The third kappa shape index (κ3) is 6.42. The van der Waals surface area contributed by atoms with Gasteiger partial charge in [-0.2, -0.15) is 0 Å². The average Bonchev–Trinajstić information content (AvgIpc) is 1.54. The van der Waals surface area contributed by atoms with Gasteiger partial charge in [0.05, 0.1) is 42.8 Å². The van der Waals surface area contributed by atoms with Crippen LogP contribution in [-0.4, -0.2) is 11.4 Å². The molecular weight excluding hydrogens is 814 g/mol. The summed E-state index contributed by atoms with van der Waals surface area (Å²) in [5.74, 6) is 0.475. The van der Waals surface area contributed by atoms with E-state index in [0.29, 0.717) is 38.7 Å². The van der Waals surface area contributed by atoms with Gasteiger partial charge in [0.15, 0.2) is 5.88 Å². The Morgan fingerprint density at radius 2 is 1.16 bits per heavy atom. The number of hydrogen-bond acceptors (Lipinski definition) is 3. The normalized spacial score (nSPS) is 16.5. The molecule has 67 heavy (non-hydrogen) atoms. The molecule has 0 fully saturated rings. The van der Waals surface area contributed by atoms with Crippen LogP contribution in [0.15, 0.2) is 180 Å². The highest BCUT2D eigenvalue weighted by molar-refractivity contribution is 6.93. The highest BCUT2D eigenvalue weighted by Gasteiger charge is 2.47. The van der Waals surface area contributed by atoms with Gasteiger partial charge in [-0.25, -0.2) is 0 Å². The van der Waals surface area contributed by atoms with Crippen LogP contribution in [0, 0.1) is 0 Å². The SMILES string of the molecule is [2H]c1c([2H])c([2H])c(-c2ccc3oc4c(c3c2)-c2cc(C(C)(C)C)cc3c2B(c2ccc(N(c5c([2H])c([2H])c([2H])c([2H])c5[2H])c5c([2H])c([2H])c([2H])c([2H])c5[2H])c5c6cc(C(C)(C)C)ccc6n-3c25)N4c2ccc(C(C)(C)C)cc2)c([2H])c1[2H]. The molecule has 0 radical (unpaired) electrons. The van der Waals surface area contributed by atoms with E-state index in [4.69, 9.17) is 19.5 Å². The van der Waals surface area contributed by atoms with Crippen LogP contribution in [0.5, 0.6) is 0 Å². The predicted molar refractivity (Wildman–Crippen MR) is 286 cm³/mol. The number of furan rings is 1. The first-order valence-corrected chi connectivity index (χ1v) is 22.6. The number of hydrogen-bond donors (Lipinski definition) is 0. The summed E-state index contributed by atoms with van der Waals surface area (Å²) in [7, 11) is 0. The minimum Gasteiger partial charge on any atom is -0.441 e. The Labute approximate surface area is 416 Å². The fourth-order valence-electron chi connectivity index (χ4n) is 10.1. The van der Waals surface area contributed by atoms with Crippen molar-refractivity contribution in [2.75, 3.05) is 9.71 Å². The second-order valence-electron chi connectivity index (χ2n) is 20.8. The van der Waals surface area contributed by atoms with Crippen molar-refractivity contribution < 1.29 is 25.0 Å². The van der Waals surface area contributed by atoms with Gasteiger partial charge >= 0.3 is 6.85 Å². The summed E-state index contributed by atoms with van der Waals surface area (Å²) in [5, 5.41) is 1.85. The van der Waals surface area contributed by atoms with E-state index < -0.39 is 108 Å². The number of nitrogens with zero attached hydrogens (tertiary/aromatic N) is 3. The summed E-state index contributed by atoms with van der Waals surface area (Å²) < 4.78 is 144. The fraction of sp³-hybridized carbons (Fsp3) is 0.194. The third-order valence-electron chi connectivity index (χ3n) is 13.5. The first-order valence-electron chi connectivity index (χ1n) is 30.1. The molecule has 0 atom stereocenters. The maximum absolute atomic E-state index is 9.48. The lowest BCUT2D eigenvalue weighted by molar-refractivity contribution is 0.589. The summed E-state index contributed by atoms with van der Waals surface area (Å²) in [6.45, 7) is 18.4. The molecule has 2 aliphatic rings. The number of benzene rings is 8. The van der Waals surface area contributed by atoms with Crippen molar-refractivity contribution in [1.29, 1.82) is 0 Å². The van der Waals surface area contributed by atoms with Crippen LogP contribution >= 0.6 is 0 Å². The van der Waals surface area contributed by atoms with Crippen LogP contribution in [0.25, 0.3) is 60.7 Å². The van der Waals surface area contributed by atoms with Crippen LogP contribution in [0.1, 0.15) is 99.6 Å². The first-order chi connectivity index (χ1) is 38.4. The second-order valence-corrected chi connectivity index (χ2v) is 20.8. The van der Waals surface area contributed by atoms with Gasteiger partial charge in [0.25, 0.3) is 0 Å². The molecule has 328 valence electrons. The maximum Gasteiger partial charge on any atom is 0.336 e. The number of rotatable bonds is 5. The molecule has 12 rings (SSSR count). The minimum absolute atomic E-state index is 0.0541. The van der Waals surface area contributed by atoms with E-state index in [9.17, 15) is 5.48 Å². The molecular formula is C62H56BN3O. The Hall–Kier alpha value is -7.24. The van der Waals surface area contributed by atoms with Gasteiger partial charge < -0.3 is 18.7 Å². The highest BCUT2D eigenvalue weighted by atomic mass is 16.4. The molecule has 0 aliphatic carbocycles. The van der Waals surface area contributed by atoms with Crippen LogP contribution in [0.2, 0.25) is 0 Å². The van der Waals surface area contributed by atoms with Gasteiger partial charge in [0, 0.05) is 38.9 Å². The van der Waals surface area contributed by atoms with Crippen molar-refractivity contribution in [3.63, 3.8) is 0 Å². The summed E-state index contributed by atoms with van der Waals surface area (Å²) in [5.41, 5.74) is 8.36. The molecule has 0 N–H and O–H groups in total. The lowest BCUT2D eigenvalue weighted by atomic mass is 9.44. The Kier molecular flexibility index (Phi) is 6.13. The predicted octanol–water partition coefficient (Wildman–Crippen LogP) is 15.8. The van der Waals surface area contributed by atoms with Crippen molar-refractivity contribution >= 4 is 79.2 Å². The first kappa shape index (κ1) is 28.1. The lowest BCUT2D eigenvalue weighted by Crippen LogP contribution is -2.60. The number of fused-ring (bicyclic) bond motifs is 9. The maximum atomic E-state index is 9.48. The Morgan fingerprint density at radius 3 is 1.79 bits per heavy atom. The lowest BCUT2D eigenvalue weighted by Gasteiger charge is -2.41. The molecule has 5 heteroatoms. The van der Waals surface area contributed by atoms with Gasteiger partial charge in [-0.05, 0) is 133 Å². The molecule has 0 saturated carbocycles. The number of para-hydroxylation sites is 2. The minimum atomic E-state index is -0.682. The zero-order chi connectivity index (χ0) is 59.2. The molecule has 0 unspecified atom stereocenters. The van der Waals surface area contributed by atoms with Gasteiger partial charge in [-0.3, -0.25) is 0 Å². The van der Waals surface area contributed by atoms with E-state index >= 15 is 0 Å². The average molecular weight is 885 g/mol. The Morgan fingerprint density at radius 1 is 0.552 bits per heavy atom. The van der Waals surface area contributed by atoms with Crippen molar-refractivity contribution in [2.24, 2.45) is 0 Å². The number of anilines is 5.